The minimum atomic E-state index is 0.000296. The number of hydrogen-bond acceptors (Lipinski definition) is 3. The van der Waals surface area contributed by atoms with Crippen LogP contribution in [-0.2, 0) is 13.0 Å². The SMILES string of the molecule is CCCn1c(C)cnc1CCNC(=O)c1cccs1. The summed E-state index contributed by atoms with van der Waals surface area (Å²) in [6.45, 7) is 5.83. The van der Waals surface area contributed by atoms with Crippen LogP contribution in [0.25, 0.3) is 0 Å². The largest absolute Gasteiger partial charge is 0.351 e. The number of imidazole rings is 1. The van der Waals surface area contributed by atoms with Gasteiger partial charge in [0.15, 0.2) is 0 Å². The lowest BCUT2D eigenvalue weighted by Gasteiger charge is -2.09. The highest BCUT2D eigenvalue weighted by Gasteiger charge is 2.08. The molecule has 1 N–H and O–H groups in total. The van der Waals surface area contributed by atoms with Gasteiger partial charge in [0.1, 0.15) is 5.82 Å². The van der Waals surface area contributed by atoms with Gasteiger partial charge in [0.25, 0.3) is 5.91 Å². The Bertz CT molecular complexity index is 531. The molecule has 0 aromatic carbocycles. The third-order valence-electron chi connectivity index (χ3n) is 2.96. The van der Waals surface area contributed by atoms with Crippen LogP contribution in [0.15, 0.2) is 23.7 Å². The van der Waals surface area contributed by atoms with Gasteiger partial charge in [0.05, 0.1) is 4.88 Å². The number of nitrogens with one attached hydrogen (secondary N) is 1. The number of aryl methyl sites for hydroxylation is 1. The first-order chi connectivity index (χ1) is 9.22. The molecule has 19 heavy (non-hydrogen) atoms. The molecule has 1 amide bonds. The van der Waals surface area contributed by atoms with E-state index < -0.39 is 0 Å². The molecular weight excluding hydrogens is 258 g/mol. The van der Waals surface area contributed by atoms with Gasteiger partial charge in [0.2, 0.25) is 0 Å². The second-order valence-electron chi connectivity index (χ2n) is 4.45. The zero-order chi connectivity index (χ0) is 13.7. The number of carbonyl (C=O) groups excluding carboxylic acids is 1. The zero-order valence-corrected chi connectivity index (χ0v) is 12.2. The van der Waals surface area contributed by atoms with Crippen molar-refractivity contribution in [1.29, 1.82) is 0 Å². The molecule has 0 aliphatic carbocycles. The molecule has 0 spiro atoms. The van der Waals surface area contributed by atoms with Crippen molar-refractivity contribution >= 4 is 17.2 Å². The molecular formula is C14H19N3OS. The standard InChI is InChI=1S/C14H19N3OS/c1-3-8-17-11(2)10-16-13(17)6-7-15-14(18)12-5-4-9-19-12/h4-5,9-10H,3,6-8H2,1-2H3,(H,15,18). The second-order valence-corrected chi connectivity index (χ2v) is 5.40. The quantitative estimate of drug-likeness (QED) is 0.882. The number of amides is 1. The van der Waals surface area contributed by atoms with Crippen LogP contribution in [0, 0.1) is 6.92 Å². The number of aromatic nitrogens is 2. The Morgan fingerprint density at radius 2 is 2.37 bits per heavy atom. The van der Waals surface area contributed by atoms with Gasteiger partial charge in [-0.25, -0.2) is 4.98 Å². The Balaban J connectivity index is 1.87. The lowest BCUT2D eigenvalue weighted by atomic mass is 10.3. The van der Waals surface area contributed by atoms with Crippen LogP contribution >= 0.6 is 11.3 Å². The average Bonchev–Trinajstić information content (AvgIpc) is 3.03. The van der Waals surface area contributed by atoms with E-state index in [0.29, 0.717) is 6.54 Å². The fourth-order valence-corrected chi connectivity index (χ4v) is 2.66. The predicted octanol–water partition coefficient (Wildman–Crippen LogP) is 2.64. The lowest BCUT2D eigenvalue weighted by Crippen LogP contribution is -2.25. The summed E-state index contributed by atoms with van der Waals surface area (Å²) in [7, 11) is 0. The average molecular weight is 277 g/mol. The normalized spacial score (nSPS) is 10.6. The Labute approximate surface area is 117 Å². The minimum absolute atomic E-state index is 0.000296. The molecule has 5 heteroatoms. The van der Waals surface area contributed by atoms with E-state index in [1.165, 1.54) is 17.0 Å². The van der Waals surface area contributed by atoms with Crippen molar-refractivity contribution in [2.45, 2.75) is 33.2 Å². The van der Waals surface area contributed by atoms with Crippen LogP contribution in [0.4, 0.5) is 0 Å². The predicted molar refractivity (Wildman–Crippen MR) is 77.6 cm³/mol. The molecule has 0 bridgehead atoms. The zero-order valence-electron chi connectivity index (χ0n) is 11.3. The summed E-state index contributed by atoms with van der Waals surface area (Å²) in [6.07, 6.45) is 3.75. The summed E-state index contributed by atoms with van der Waals surface area (Å²) in [5.41, 5.74) is 1.18. The summed E-state index contributed by atoms with van der Waals surface area (Å²) < 4.78 is 2.22. The van der Waals surface area contributed by atoms with Crippen LogP contribution in [0.3, 0.4) is 0 Å². The molecule has 0 saturated heterocycles. The Hall–Kier alpha value is -1.62. The maximum atomic E-state index is 11.8. The van der Waals surface area contributed by atoms with Crippen LogP contribution in [0.5, 0.6) is 0 Å². The van der Waals surface area contributed by atoms with E-state index >= 15 is 0 Å². The van der Waals surface area contributed by atoms with Crippen molar-refractivity contribution in [1.82, 2.24) is 14.9 Å². The molecule has 0 unspecified atom stereocenters. The van der Waals surface area contributed by atoms with Gasteiger partial charge in [-0.1, -0.05) is 13.0 Å². The molecule has 2 aromatic rings. The molecule has 0 saturated carbocycles. The van der Waals surface area contributed by atoms with Gasteiger partial charge in [-0.15, -0.1) is 11.3 Å². The van der Waals surface area contributed by atoms with E-state index in [2.05, 4.69) is 28.7 Å². The maximum Gasteiger partial charge on any atom is 0.261 e. The molecule has 0 atom stereocenters. The molecule has 0 aliphatic heterocycles. The van der Waals surface area contributed by atoms with Crippen LogP contribution in [0.2, 0.25) is 0 Å². The Kier molecular flexibility index (Phi) is 4.74. The van der Waals surface area contributed by atoms with Crippen molar-refractivity contribution in [3.63, 3.8) is 0 Å². The van der Waals surface area contributed by atoms with E-state index in [0.717, 1.165) is 30.1 Å². The number of nitrogens with zero attached hydrogens (tertiary/aromatic N) is 2. The highest BCUT2D eigenvalue weighted by molar-refractivity contribution is 7.12. The monoisotopic (exact) mass is 277 g/mol. The summed E-state index contributed by atoms with van der Waals surface area (Å²) in [5, 5.41) is 4.84. The van der Waals surface area contributed by atoms with Crippen molar-refractivity contribution in [3.05, 3.63) is 40.1 Å². The fourth-order valence-electron chi connectivity index (χ4n) is 2.02. The summed E-state index contributed by atoms with van der Waals surface area (Å²) in [5.74, 6) is 1.05. The Morgan fingerprint density at radius 3 is 3.05 bits per heavy atom. The minimum Gasteiger partial charge on any atom is -0.351 e. The third-order valence-corrected chi connectivity index (χ3v) is 3.83. The maximum absolute atomic E-state index is 11.8. The third kappa shape index (κ3) is 3.44. The molecule has 2 rings (SSSR count). The topological polar surface area (TPSA) is 46.9 Å². The lowest BCUT2D eigenvalue weighted by molar-refractivity contribution is 0.0958. The fraction of sp³-hybridized carbons (Fsp3) is 0.429. The molecule has 0 radical (unpaired) electrons. The Morgan fingerprint density at radius 1 is 1.53 bits per heavy atom. The van der Waals surface area contributed by atoms with Gasteiger partial charge >= 0.3 is 0 Å². The summed E-state index contributed by atoms with van der Waals surface area (Å²) in [6, 6.07) is 3.72. The van der Waals surface area contributed by atoms with Gasteiger partial charge in [-0.3, -0.25) is 4.79 Å². The van der Waals surface area contributed by atoms with Crippen LogP contribution < -0.4 is 5.32 Å². The highest BCUT2D eigenvalue weighted by atomic mass is 32.1. The highest BCUT2D eigenvalue weighted by Crippen LogP contribution is 2.08. The number of rotatable bonds is 6. The molecule has 2 aromatic heterocycles. The number of thiophene rings is 1. The van der Waals surface area contributed by atoms with Gasteiger partial charge in [0, 0.05) is 31.4 Å². The number of carbonyl (C=O) groups is 1. The van der Waals surface area contributed by atoms with Gasteiger partial charge in [-0.2, -0.15) is 0 Å². The molecule has 0 aliphatic rings. The van der Waals surface area contributed by atoms with E-state index in [4.69, 9.17) is 0 Å². The van der Waals surface area contributed by atoms with E-state index in [-0.39, 0.29) is 5.91 Å². The first kappa shape index (κ1) is 13.8. The molecule has 2 heterocycles. The van der Waals surface area contributed by atoms with E-state index in [1.807, 2.05) is 23.7 Å². The van der Waals surface area contributed by atoms with Crippen molar-refractivity contribution in [2.75, 3.05) is 6.54 Å². The van der Waals surface area contributed by atoms with E-state index in [9.17, 15) is 4.79 Å². The van der Waals surface area contributed by atoms with Gasteiger partial charge in [-0.05, 0) is 24.8 Å². The van der Waals surface area contributed by atoms with Crippen molar-refractivity contribution in [2.24, 2.45) is 0 Å². The van der Waals surface area contributed by atoms with Crippen molar-refractivity contribution < 1.29 is 4.79 Å². The van der Waals surface area contributed by atoms with Crippen LogP contribution in [-0.4, -0.2) is 22.0 Å². The number of hydrogen-bond donors (Lipinski definition) is 1. The van der Waals surface area contributed by atoms with Gasteiger partial charge < -0.3 is 9.88 Å². The molecule has 0 fully saturated rings. The molecule has 4 nitrogen and oxygen atoms in total. The molecule has 102 valence electrons. The summed E-state index contributed by atoms with van der Waals surface area (Å²) in [4.78, 5) is 16.9. The first-order valence-corrected chi connectivity index (χ1v) is 7.43. The smallest absolute Gasteiger partial charge is 0.261 e. The summed E-state index contributed by atoms with van der Waals surface area (Å²) >= 11 is 1.46. The van der Waals surface area contributed by atoms with E-state index in [1.54, 1.807) is 0 Å². The second kappa shape index (κ2) is 6.52. The first-order valence-electron chi connectivity index (χ1n) is 6.55. The van der Waals surface area contributed by atoms with Crippen molar-refractivity contribution in [3.8, 4) is 0 Å². The van der Waals surface area contributed by atoms with Crippen LogP contribution in [0.1, 0.15) is 34.5 Å².